The summed E-state index contributed by atoms with van der Waals surface area (Å²) in [6.07, 6.45) is -0.821. The molecule has 0 aromatic rings. The van der Waals surface area contributed by atoms with E-state index in [4.69, 9.17) is 9.47 Å². The molecule has 0 heterocycles. The molecule has 0 radical (unpaired) electrons. The Morgan fingerprint density at radius 1 is 1.36 bits per heavy atom. The number of rotatable bonds is 4. The summed E-state index contributed by atoms with van der Waals surface area (Å²) in [6, 6.07) is 0. The summed E-state index contributed by atoms with van der Waals surface area (Å²) in [7, 11) is 3.17. The standard InChI is InChI=1S/C9H17NO4/c1-5-13-8(11)6-7(2)14-9(12)10(3)4/h7H,5-6H2,1-4H3. The Bertz CT molecular complexity index is 203. The molecule has 0 aliphatic heterocycles. The molecule has 0 saturated heterocycles. The first kappa shape index (κ1) is 12.7. The highest BCUT2D eigenvalue weighted by Crippen LogP contribution is 2.01. The number of ether oxygens (including phenoxy) is 2. The average Bonchev–Trinajstić information content (AvgIpc) is 2.03. The van der Waals surface area contributed by atoms with Crippen LogP contribution < -0.4 is 0 Å². The molecule has 0 bridgehead atoms. The van der Waals surface area contributed by atoms with E-state index >= 15 is 0 Å². The third-order valence-corrected chi connectivity index (χ3v) is 1.43. The Balaban J connectivity index is 3.80. The van der Waals surface area contributed by atoms with E-state index in [0.29, 0.717) is 6.61 Å². The minimum Gasteiger partial charge on any atom is -0.466 e. The zero-order valence-corrected chi connectivity index (χ0v) is 9.07. The van der Waals surface area contributed by atoms with Crippen LogP contribution in [-0.4, -0.2) is 43.8 Å². The van der Waals surface area contributed by atoms with E-state index < -0.39 is 12.2 Å². The Labute approximate surface area is 84.0 Å². The molecular formula is C9H17NO4. The van der Waals surface area contributed by atoms with E-state index in [9.17, 15) is 9.59 Å². The molecule has 0 saturated carbocycles. The van der Waals surface area contributed by atoms with Crippen molar-refractivity contribution < 1.29 is 19.1 Å². The summed E-state index contributed by atoms with van der Waals surface area (Å²) < 4.78 is 9.63. The number of amides is 1. The zero-order chi connectivity index (χ0) is 11.1. The van der Waals surface area contributed by atoms with Crippen molar-refractivity contribution in [1.82, 2.24) is 4.90 Å². The van der Waals surface area contributed by atoms with Crippen LogP contribution in [0.3, 0.4) is 0 Å². The van der Waals surface area contributed by atoms with Crippen LogP contribution in [0.2, 0.25) is 0 Å². The number of nitrogens with zero attached hydrogens (tertiary/aromatic N) is 1. The van der Waals surface area contributed by atoms with Crippen molar-refractivity contribution in [3.63, 3.8) is 0 Å². The second-order valence-corrected chi connectivity index (χ2v) is 3.10. The third kappa shape index (κ3) is 5.40. The summed E-state index contributed by atoms with van der Waals surface area (Å²) in [5, 5.41) is 0. The maximum absolute atomic E-state index is 11.0. The maximum atomic E-state index is 11.0. The second kappa shape index (κ2) is 6.23. The van der Waals surface area contributed by atoms with Gasteiger partial charge >= 0.3 is 12.1 Å². The number of hydrogen-bond donors (Lipinski definition) is 0. The van der Waals surface area contributed by atoms with E-state index in [1.807, 2.05) is 0 Å². The molecule has 0 rings (SSSR count). The molecule has 1 unspecified atom stereocenters. The van der Waals surface area contributed by atoms with Crippen LogP contribution in [0, 0.1) is 0 Å². The SMILES string of the molecule is CCOC(=O)CC(C)OC(=O)N(C)C. The third-order valence-electron chi connectivity index (χ3n) is 1.43. The lowest BCUT2D eigenvalue weighted by molar-refractivity contribution is -0.145. The molecule has 0 N–H and O–H groups in total. The molecule has 0 spiro atoms. The van der Waals surface area contributed by atoms with Crippen molar-refractivity contribution in [3.8, 4) is 0 Å². The van der Waals surface area contributed by atoms with Crippen LogP contribution in [-0.2, 0) is 14.3 Å². The molecule has 0 aromatic heterocycles. The summed E-state index contributed by atoms with van der Waals surface area (Å²) in [6.45, 7) is 3.72. The van der Waals surface area contributed by atoms with Gasteiger partial charge in [0.05, 0.1) is 13.0 Å². The van der Waals surface area contributed by atoms with Gasteiger partial charge in [-0.25, -0.2) is 4.79 Å². The minimum absolute atomic E-state index is 0.0907. The van der Waals surface area contributed by atoms with Crippen LogP contribution in [0.1, 0.15) is 20.3 Å². The van der Waals surface area contributed by atoms with Crippen LogP contribution in [0.25, 0.3) is 0 Å². The van der Waals surface area contributed by atoms with Gasteiger partial charge in [-0.05, 0) is 13.8 Å². The lowest BCUT2D eigenvalue weighted by atomic mass is 10.3. The van der Waals surface area contributed by atoms with Crippen LogP contribution in [0.5, 0.6) is 0 Å². The number of carbonyl (C=O) groups excluding carboxylic acids is 2. The van der Waals surface area contributed by atoms with Crippen molar-refractivity contribution in [1.29, 1.82) is 0 Å². The van der Waals surface area contributed by atoms with Gasteiger partial charge in [-0.3, -0.25) is 4.79 Å². The summed E-state index contributed by atoms with van der Waals surface area (Å²) in [5.74, 6) is -0.355. The van der Waals surface area contributed by atoms with E-state index in [1.54, 1.807) is 27.9 Å². The van der Waals surface area contributed by atoms with Crippen LogP contribution in [0.15, 0.2) is 0 Å². The van der Waals surface area contributed by atoms with Gasteiger partial charge in [0.2, 0.25) is 0 Å². The number of carbonyl (C=O) groups is 2. The minimum atomic E-state index is -0.457. The van der Waals surface area contributed by atoms with Gasteiger partial charge in [-0.1, -0.05) is 0 Å². The van der Waals surface area contributed by atoms with Crippen molar-refractivity contribution >= 4 is 12.1 Å². The lowest BCUT2D eigenvalue weighted by Crippen LogP contribution is -2.28. The molecular weight excluding hydrogens is 186 g/mol. The molecule has 82 valence electrons. The van der Waals surface area contributed by atoms with Crippen molar-refractivity contribution in [2.75, 3.05) is 20.7 Å². The monoisotopic (exact) mass is 203 g/mol. The highest BCUT2D eigenvalue weighted by molar-refractivity contribution is 5.71. The van der Waals surface area contributed by atoms with Gasteiger partial charge in [0.15, 0.2) is 0 Å². The van der Waals surface area contributed by atoms with Crippen molar-refractivity contribution in [3.05, 3.63) is 0 Å². The van der Waals surface area contributed by atoms with Crippen molar-refractivity contribution in [2.45, 2.75) is 26.4 Å². The predicted octanol–water partition coefficient (Wildman–Crippen LogP) is 1.03. The second-order valence-electron chi connectivity index (χ2n) is 3.10. The van der Waals surface area contributed by atoms with E-state index in [0.717, 1.165) is 0 Å². The van der Waals surface area contributed by atoms with Gasteiger partial charge in [-0.2, -0.15) is 0 Å². The van der Waals surface area contributed by atoms with E-state index in [-0.39, 0.29) is 12.4 Å². The Morgan fingerprint density at radius 2 is 1.93 bits per heavy atom. The van der Waals surface area contributed by atoms with Crippen LogP contribution in [0.4, 0.5) is 4.79 Å². The largest absolute Gasteiger partial charge is 0.466 e. The van der Waals surface area contributed by atoms with Crippen molar-refractivity contribution in [2.24, 2.45) is 0 Å². The smallest absolute Gasteiger partial charge is 0.409 e. The zero-order valence-electron chi connectivity index (χ0n) is 9.07. The highest BCUT2D eigenvalue weighted by atomic mass is 16.6. The molecule has 0 aliphatic rings. The van der Waals surface area contributed by atoms with Crippen LogP contribution >= 0.6 is 0 Å². The topological polar surface area (TPSA) is 55.8 Å². The van der Waals surface area contributed by atoms with Gasteiger partial charge in [0.25, 0.3) is 0 Å². The maximum Gasteiger partial charge on any atom is 0.409 e. The number of hydrogen-bond acceptors (Lipinski definition) is 4. The Morgan fingerprint density at radius 3 is 2.36 bits per heavy atom. The van der Waals surface area contributed by atoms with Gasteiger partial charge in [-0.15, -0.1) is 0 Å². The first-order valence-electron chi connectivity index (χ1n) is 4.51. The molecule has 0 aliphatic carbocycles. The van der Waals surface area contributed by atoms with Gasteiger partial charge < -0.3 is 14.4 Å². The highest BCUT2D eigenvalue weighted by Gasteiger charge is 2.15. The lowest BCUT2D eigenvalue weighted by Gasteiger charge is -2.16. The first-order valence-corrected chi connectivity index (χ1v) is 4.51. The van der Waals surface area contributed by atoms with E-state index in [1.165, 1.54) is 4.90 Å². The quantitative estimate of drug-likeness (QED) is 0.640. The normalized spacial score (nSPS) is 11.7. The van der Waals surface area contributed by atoms with Gasteiger partial charge in [0.1, 0.15) is 6.10 Å². The van der Waals surface area contributed by atoms with E-state index in [2.05, 4.69) is 0 Å². The fourth-order valence-corrected chi connectivity index (χ4v) is 0.774. The molecule has 5 nitrogen and oxygen atoms in total. The Kier molecular flexibility index (Phi) is 5.67. The number of esters is 1. The molecule has 1 atom stereocenters. The average molecular weight is 203 g/mol. The molecule has 5 heteroatoms. The fraction of sp³-hybridized carbons (Fsp3) is 0.778. The molecule has 14 heavy (non-hydrogen) atoms. The van der Waals surface area contributed by atoms with Gasteiger partial charge in [0, 0.05) is 14.1 Å². The first-order chi connectivity index (χ1) is 6.47. The Hall–Kier alpha value is -1.26. The summed E-state index contributed by atoms with van der Waals surface area (Å²) >= 11 is 0. The molecule has 0 aromatic carbocycles. The predicted molar refractivity (Wildman–Crippen MR) is 50.9 cm³/mol. The summed E-state index contributed by atoms with van der Waals surface area (Å²) in [5.41, 5.74) is 0. The molecule has 0 fully saturated rings. The fourth-order valence-electron chi connectivity index (χ4n) is 0.774. The molecule has 1 amide bonds. The summed E-state index contributed by atoms with van der Waals surface area (Å²) in [4.78, 5) is 23.3.